The first kappa shape index (κ1) is 14.0. The van der Waals surface area contributed by atoms with E-state index in [0.29, 0.717) is 6.08 Å². The van der Waals surface area contributed by atoms with Crippen molar-refractivity contribution in [2.75, 3.05) is 0 Å². The molecule has 0 saturated carbocycles. The molecule has 0 aliphatic rings. The summed E-state index contributed by atoms with van der Waals surface area (Å²) in [6, 6.07) is -0.171. The van der Waals surface area contributed by atoms with Crippen LogP contribution in [-0.2, 0) is 4.79 Å². The van der Waals surface area contributed by atoms with Gasteiger partial charge in [0, 0.05) is 17.7 Å². The molecule has 0 atom stereocenters. The number of amides is 1. The van der Waals surface area contributed by atoms with E-state index in [-0.39, 0.29) is 6.04 Å². The summed E-state index contributed by atoms with van der Waals surface area (Å²) in [7, 11) is 0. The largest absolute Gasteiger partial charge is 0.413 e. The Balaban J connectivity index is 4.78. The van der Waals surface area contributed by atoms with Gasteiger partial charge < -0.3 is 5.32 Å². The average molecular weight is 223 g/mol. The molecule has 0 aliphatic carbocycles. The second-order valence-corrected chi connectivity index (χ2v) is 3.92. The zero-order valence-electron chi connectivity index (χ0n) is 9.27. The van der Waals surface area contributed by atoms with Crippen molar-refractivity contribution in [1.82, 2.24) is 5.32 Å². The average Bonchev–Trinajstić information content (AvgIpc) is 1.95. The van der Waals surface area contributed by atoms with Crippen LogP contribution in [-0.4, -0.2) is 18.1 Å². The maximum absolute atomic E-state index is 12.4. The molecule has 0 heterocycles. The van der Waals surface area contributed by atoms with Crippen LogP contribution in [0.2, 0.25) is 0 Å². The van der Waals surface area contributed by atoms with Gasteiger partial charge in [-0.25, -0.2) is 0 Å². The SMILES string of the molecule is CC(C)NC(=O)/C=C(/C(C)C)C(F)(F)F. The topological polar surface area (TPSA) is 29.1 Å². The van der Waals surface area contributed by atoms with Crippen LogP contribution in [0.25, 0.3) is 0 Å². The highest BCUT2D eigenvalue weighted by Crippen LogP contribution is 2.30. The summed E-state index contributed by atoms with van der Waals surface area (Å²) in [4.78, 5) is 11.1. The van der Waals surface area contributed by atoms with Gasteiger partial charge >= 0.3 is 6.18 Å². The van der Waals surface area contributed by atoms with Gasteiger partial charge in [0.15, 0.2) is 0 Å². The molecule has 2 nitrogen and oxygen atoms in total. The number of alkyl halides is 3. The maximum atomic E-state index is 12.4. The van der Waals surface area contributed by atoms with E-state index in [4.69, 9.17) is 0 Å². The molecule has 0 aromatic heterocycles. The van der Waals surface area contributed by atoms with Crippen LogP contribution in [0.1, 0.15) is 27.7 Å². The summed E-state index contributed by atoms with van der Waals surface area (Å²) < 4.78 is 37.3. The van der Waals surface area contributed by atoms with Crippen LogP contribution in [0.5, 0.6) is 0 Å². The standard InChI is InChI=1S/C10H16F3NO/c1-6(2)8(10(11,12)13)5-9(15)14-7(3)4/h5-7H,1-4H3,(H,14,15)/b8-5-. The van der Waals surface area contributed by atoms with Crippen molar-refractivity contribution in [3.63, 3.8) is 0 Å². The summed E-state index contributed by atoms with van der Waals surface area (Å²) in [5.41, 5.74) is -0.805. The summed E-state index contributed by atoms with van der Waals surface area (Å²) in [5.74, 6) is -1.42. The summed E-state index contributed by atoms with van der Waals surface area (Å²) in [6.45, 7) is 6.19. The van der Waals surface area contributed by atoms with Crippen molar-refractivity contribution in [3.05, 3.63) is 11.6 Å². The molecule has 5 heteroatoms. The number of carbonyl (C=O) groups excluding carboxylic acids is 1. The molecule has 0 unspecified atom stereocenters. The highest BCUT2D eigenvalue weighted by atomic mass is 19.4. The van der Waals surface area contributed by atoms with Gasteiger partial charge in [0.2, 0.25) is 5.91 Å². The monoisotopic (exact) mass is 223 g/mol. The molecule has 88 valence electrons. The third-order valence-electron chi connectivity index (χ3n) is 1.67. The molecule has 0 rings (SSSR count). The fourth-order valence-corrected chi connectivity index (χ4v) is 1.04. The van der Waals surface area contributed by atoms with Crippen molar-refractivity contribution in [2.45, 2.75) is 39.9 Å². The van der Waals surface area contributed by atoms with Crippen LogP contribution < -0.4 is 5.32 Å². The van der Waals surface area contributed by atoms with Gasteiger partial charge in [0.1, 0.15) is 0 Å². The Morgan fingerprint density at radius 1 is 1.20 bits per heavy atom. The lowest BCUT2D eigenvalue weighted by Gasteiger charge is -2.15. The third-order valence-corrected chi connectivity index (χ3v) is 1.67. The Bertz CT molecular complexity index is 254. The lowest BCUT2D eigenvalue weighted by molar-refractivity contribution is -0.119. The van der Waals surface area contributed by atoms with Gasteiger partial charge in [0.05, 0.1) is 0 Å². The van der Waals surface area contributed by atoms with Crippen LogP contribution in [0.4, 0.5) is 13.2 Å². The van der Waals surface area contributed by atoms with Gasteiger partial charge in [-0.05, 0) is 19.8 Å². The van der Waals surface area contributed by atoms with Crippen LogP contribution in [0, 0.1) is 5.92 Å². The molecule has 0 aromatic carbocycles. The van der Waals surface area contributed by atoms with E-state index >= 15 is 0 Å². The minimum atomic E-state index is -4.44. The Morgan fingerprint density at radius 2 is 1.67 bits per heavy atom. The zero-order valence-corrected chi connectivity index (χ0v) is 9.27. The van der Waals surface area contributed by atoms with Crippen LogP contribution in [0.15, 0.2) is 11.6 Å². The molecule has 0 aliphatic heterocycles. The number of hydrogen-bond donors (Lipinski definition) is 1. The number of hydrogen-bond acceptors (Lipinski definition) is 1. The second kappa shape index (κ2) is 5.19. The first-order chi connectivity index (χ1) is 6.64. The molecule has 0 saturated heterocycles. The molecule has 0 fully saturated rings. The first-order valence-electron chi connectivity index (χ1n) is 4.74. The molecular formula is C10H16F3NO. The predicted octanol–water partition coefficient (Wildman–Crippen LogP) is 2.66. The van der Waals surface area contributed by atoms with E-state index < -0.39 is 23.6 Å². The highest BCUT2D eigenvalue weighted by Gasteiger charge is 2.35. The van der Waals surface area contributed by atoms with E-state index in [1.807, 2.05) is 0 Å². The van der Waals surface area contributed by atoms with Crippen molar-refractivity contribution in [3.8, 4) is 0 Å². The van der Waals surface area contributed by atoms with Crippen molar-refractivity contribution in [2.24, 2.45) is 5.92 Å². The van der Waals surface area contributed by atoms with E-state index in [0.717, 1.165) is 0 Å². The molecule has 1 amide bonds. The normalized spacial score (nSPS) is 13.5. The number of rotatable bonds is 3. The van der Waals surface area contributed by atoms with Gasteiger partial charge in [-0.3, -0.25) is 4.79 Å². The summed E-state index contributed by atoms with van der Waals surface area (Å²) >= 11 is 0. The zero-order chi connectivity index (χ0) is 12.2. The number of allylic oxidation sites excluding steroid dienone is 1. The second-order valence-electron chi connectivity index (χ2n) is 3.92. The number of halogens is 3. The fourth-order valence-electron chi connectivity index (χ4n) is 1.04. The Hall–Kier alpha value is -1.00. The Labute approximate surface area is 87.5 Å². The highest BCUT2D eigenvalue weighted by molar-refractivity contribution is 5.88. The third kappa shape index (κ3) is 5.44. The molecule has 15 heavy (non-hydrogen) atoms. The van der Waals surface area contributed by atoms with E-state index in [1.165, 1.54) is 13.8 Å². The van der Waals surface area contributed by atoms with Gasteiger partial charge in [-0.15, -0.1) is 0 Å². The smallest absolute Gasteiger partial charge is 0.350 e. The minimum absolute atomic E-state index is 0.171. The molecule has 0 bridgehead atoms. The van der Waals surface area contributed by atoms with Crippen LogP contribution >= 0.6 is 0 Å². The molecule has 1 N–H and O–H groups in total. The quantitative estimate of drug-likeness (QED) is 0.732. The molecule has 0 radical (unpaired) electrons. The van der Waals surface area contributed by atoms with Crippen LogP contribution in [0.3, 0.4) is 0 Å². The molecule has 0 spiro atoms. The van der Waals surface area contributed by atoms with Crippen molar-refractivity contribution >= 4 is 5.91 Å². The van der Waals surface area contributed by atoms with Crippen molar-refractivity contribution in [1.29, 1.82) is 0 Å². The van der Waals surface area contributed by atoms with Gasteiger partial charge in [-0.2, -0.15) is 13.2 Å². The Kier molecular flexibility index (Phi) is 4.84. The number of nitrogens with one attached hydrogen (secondary N) is 1. The van der Waals surface area contributed by atoms with Crippen molar-refractivity contribution < 1.29 is 18.0 Å². The van der Waals surface area contributed by atoms with E-state index in [1.54, 1.807) is 13.8 Å². The molecule has 0 aromatic rings. The summed E-state index contributed by atoms with van der Waals surface area (Å²) in [6.07, 6.45) is -3.81. The Morgan fingerprint density at radius 3 is 1.93 bits per heavy atom. The lowest BCUT2D eigenvalue weighted by atomic mass is 10.0. The summed E-state index contributed by atoms with van der Waals surface area (Å²) in [5, 5.41) is 2.38. The molecular weight excluding hydrogens is 207 g/mol. The predicted molar refractivity (Wildman–Crippen MR) is 52.3 cm³/mol. The van der Waals surface area contributed by atoms with E-state index in [2.05, 4.69) is 5.32 Å². The maximum Gasteiger partial charge on any atom is 0.413 e. The number of carbonyl (C=O) groups is 1. The van der Waals surface area contributed by atoms with Gasteiger partial charge in [-0.1, -0.05) is 13.8 Å². The fraction of sp³-hybridized carbons (Fsp3) is 0.700. The minimum Gasteiger partial charge on any atom is -0.350 e. The van der Waals surface area contributed by atoms with Gasteiger partial charge in [0.25, 0.3) is 0 Å². The lowest BCUT2D eigenvalue weighted by Crippen LogP contribution is -2.30. The first-order valence-corrected chi connectivity index (χ1v) is 4.74. The van der Waals surface area contributed by atoms with E-state index in [9.17, 15) is 18.0 Å².